The Morgan fingerprint density at radius 2 is 1.77 bits per heavy atom. The summed E-state index contributed by atoms with van der Waals surface area (Å²) in [5.41, 5.74) is 3.05. The van der Waals surface area contributed by atoms with E-state index in [1.165, 1.54) is 12.5 Å². The largest absolute Gasteiger partial charge is 0.497 e. The molecule has 0 radical (unpaired) electrons. The third kappa shape index (κ3) is 3.67. The molecule has 0 saturated carbocycles. The van der Waals surface area contributed by atoms with Crippen LogP contribution in [-0.2, 0) is 10.2 Å². The highest BCUT2D eigenvalue weighted by molar-refractivity contribution is 5.77. The third-order valence-electron chi connectivity index (χ3n) is 3.48. The fourth-order valence-corrected chi connectivity index (χ4v) is 2.26. The lowest BCUT2D eigenvalue weighted by atomic mass is 9.85. The van der Waals surface area contributed by atoms with Crippen molar-refractivity contribution in [2.45, 2.75) is 33.1 Å². The van der Waals surface area contributed by atoms with Gasteiger partial charge in [-0.15, -0.1) is 0 Å². The molecule has 3 heteroatoms. The van der Waals surface area contributed by atoms with E-state index in [9.17, 15) is 4.79 Å². The van der Waals surface area contributed by atoms with Gasteiger partial charge in [-0.2, -0.15) is 0 Å². The van der Waals surface area contributed by atoms with Crippen LogP contribution >= 0.6 is 0 Å². The Hall–Kier alpha value is -2.29. The van der Waals surface area contributed by atoms with E-state index in [-0.39, 0.29) is 11.4 Å². The van der Waals surface area contributed by atoms with Gasteiger partial charge in [-0.05, 0) is 40.8 Å². The Morgan fingerprint density at radius 1 is 1.05 bits per heavy atom. The Bertz CT molecular complexity index is 681. The summed E-state index contributed by atoms with van der Waals surface area (Å²) in [6, 6.07) is 13.7. The van der Waals surface area contributed by atoms with Crippen LogP contribution in [0.25, 0.3) is 11.1 Å². The minimum absolute atomic E-state index is 0.0162. The first-order valence-electron chi connectivity index (χ1n) is 7.28. The van der Waals surface area contributed by atoms with Crippen molar-refractivity contribution < 1.29 is 14.3 Å². The molecule has 22 heavy (non-hydrogen) atoms. The van der Waals surface area contributed by atoms with E-state index in [1.807, 2.05) is 36.4 Å². The van der Waals surface area contributed by atoms with Gasteiger partial charge in [-0.25, -0.2) is 0 Å². The van der Waals surface area contributed by atoms with E-state index in [0.717, 1.165) is 16.9 Å². The van der Waals surface area contributed by atoms with Crippen LogP contribution in [0.15, 0.2) is 42.5 Å². The highest BCUT2D eigenvalue weighted by Crippen LogP contribution is 2.36. The molecular formula is C19H22O3. The molecule has 0 aliphatic carbocycles. The topological polar surface area (TPSA) is 35.5 Å². The molecule has 0 saturated heterocycles. The number of benzene rings is 2. The van der Waals surface area contributed by atoms with Crippen molar-refractivity contribution in [3.05, 3.63) is 48.0 Å². The first kappa shape index (κ1) is 16.1. The molecule has 0 heterocycles. The Kier molecular flexibility index (Phi) is 4.55. The van der Waals surface area contributed by atoms with Crippen molar-refractivity contribution in [2.75, 3.05) is 7.11 Å². The van der Waals surface area contributed by atoms with Crippen LogP contribution in [0.5, 0.6) is 11.5 Å². The molecule has 0 spiro atoms. The molecule has 0 atom stereocenters. The molecule has 0 unspecified atom stereocenters. The van der Waals surface area contributed by atoms with Crippen molar-refractivity contribution in [1.29, 1.82) is 0 Å². The number of rotatable bonds is 3. The van der Waals surface area contributed by atoms with Crippen molar-refractivity contribution in [3.8, 4) is 22.6 Å². The minimum atomic E-state index is -0.326. The first-order chi connectivity index (χ1) is 10.3. The fourth-order valence-electron chi connectivity index (χ4n) is 2.26. The molecule has 116 valence electrons. The first-order valence-corrected chi connectivity index (χ1v) is 7.28. The van der Waals surface area contributed by atoms with E-state index in [0.29, 0.717) is 5.75 Å². The number of carbonyl (C=O) groups excluding carboxylic acids is 1. The van der Waals surface area contributed by atoms with Crippen molar-refractivity contribution in [2.24, 2.45) is 0 Å². The smallest absolute Gasteiger partial charge is 0.308 e. The summed E-state index contributed by atoms with van der Waals surface area (Å²) < 4.78 is 10.6. The molecule has 2 aromatic rings. The molecule has 0 aliphatic heterocycles. The van der Waals surface area contributed by atoms with Gasteiger partial charge in [0.25, 0.3) is 0 Å². The number of methoxy groups -OCH3 is 1. The number of esters is 1. The Morgan fingerprint density at radius 3 is 2.36 bits per heavy atom. The summed E-state index contributed by atoms with van der Waals surface area (Å²) in [6.07, 6.45) is 0. The lowest BCUT2D eigenvalue weighted by Crippen LogP contribution is -2.11. The second-order valence-electron chi connectivity index (χ2n) is 6.29. The fraction of sp³-hybridized carbons (Fsp3) is 0.316. The van der Waals surface area contributed by atoms with Gasteiger partial charge in [0.1, 0.15) is 11.5 Å². The zero-order valence-electron chi connectivity index (χ0n) is 13.8. The molecule has 0 aliphatic rings. The molecule has 0 aromatic heterocycles. The summed E-state index contributed by atoms with van der Waals surface area (Å²) in [7, 11) is 1.64. The second kappa shape index (κ2) is 6.22. The molecule has 2 aromatic carbocycles. The van der Waals surface area contributed by atoms with Crippen LogP contribution in [-0.4, -0.2) is 13.1 Å². The van der Waals surface area contributed by atoms with Crippen LogP contribution in [0.4, 0.5) is 0 Å². The highest BCUT2D eigenvalue weighted by atomic mass is 16.5. The Balaban J connectivity index is 2.60. The predicted octanol–water partition coefficient (Wildman–Crippen LogP) is 4.59. The molecule has 0 amide bonds. The van der Waals surface area contributed by atoms with Crippen molar-refractivity contribution in [1.82, 2.24) is 0 Å². The van der Waals surface area contributed by atoms with Gasteiger partial charge in [0, 0.05) is 12.5 Å². The number of hydrogen-bond donors (Lipinski definition) is 0. The van der Waals surface area contributed by atoms with E-state index in [2.05, 4.69) is 26.8 Å². The predicted molar refractivity (Wildman–Crippen MR) is 88.4 cm³/mol. The number of carbonyl (C=O) groups is 1. The van der Waals surface area contributed by atoms with Gasteiger partial charge in [0.2, 0.25) is 0 Å². The second-order valence-corrected chi connectivity index (χ2v) is 6.29. The quantitative estimate of drug-likeness (QED) is 0.614. The summed E-state index contributed by atoms with van der Waals surface area (Å²) >= 11 is 0. The van der Waals surface area contributed by atoms with Gasteiger partial charge in [-0.3, -0.25) is 4.79 Å². The minimum Gasteiger partial charge on any atom is -0.497 e. The molecule has 0 N–H and O–H groups in total. The van der Waals surface area contributed by atoms with Crippen molar-refractivity contribution in [3.63, 3.8) is 0 Å². The molecule has 0 fully saturated rings. The van der Waals surface area contributed by atoms with E-state index < -0.39 is 0 Å². The summed E-state index contributed by atoms with van der Waals surface area (Å²) in [5, 5.41) is 0. The highest BCUT2D eigenvalue weighted by Gasteiger charge is 2.17. The van der Waals surface area contributed by atoms with E-state index in [1.54, 1.807) is 7.11 Å². The van der Waals surface area contributed by atoms with Crippen LogP contribution in [0.3, 0.4) is 0 Å². The normalized spacial score (nSPS) is 11.1. The average molecular weight is 298 g/mol. The average Bonchev–Trinajstić information content (AvgIpc) is 2.46. The summed E-state index contributed by atoms with van der Waals surface area (Å²) in [6.45, 7) is 7.88. The Labute approximate surface area is 131 Å². The van der Waals surface area contributed by atoms with Gasteiger partial charge in [0.05, 0.1) is 7.11 Å². The van der Waals surface area contributed by atoms with Gasteiger partial charge >= 0.3 is 5.97 Å². The maximum atomic E-state index is 11.4. The molecule has 0 bridgehead atoms. The van der Waals surface area contributed by atoms with Crippen LogP contribution in [0.2, 0.25) is 0 Å². The summed E-state index contributed by atoms with van der Waals surface area (Å²) in [4.78, 5) is 11.4. The molecule has 2 rings (SSSR count). The van der Waals surface area contributed by atoms with Gasteiger partial charge < -0.3 is 9.47 Å². The molecular weight excluding hydrogens is 276 g/mol. The third-order valence-corrected chi connectivity index (χ3v) is 3.48. The van der Waals surface area contributed by atoms with E-state index >= 15 is 0 Å². The molecule has 3 nitrogen and oxygen atoms in total. The zero-order chi connectivity index (χ0) is 16.3. The SMILES string of the molecule is COc1cccc(-c2cc(C(C)(C)C)ccc2OC(C)=O)c1. The van der Waals surface area contributed by atoms with Gasteiger partial charge in [0.15, 0.2) is 0 Å². The van der Waals surface area contributed by atoms with Gasteiger partial charge in [-0.1, -0.05) is 39.0 Å². The van der Waals surface area contributed by atoms with Crippen LogP contribution in [0.1, 0.15) is 33.3 Å². The summed E-state index contributed by atoms with van der Waals surface area (Å²) in [5.74, 6) is 1.01. The zero-order valence-corrected chi connectivity index (χ0v) is 13.8. The van der Waals surface area contributed by atoms with Crippen molar-refractivity contribution >= 4 is 5.97 Å². The maximum absolute atomic E-state index is 11.4. The number of ether oxygens (including phenoxy) is 2. The maximum Gasteiger partial charge on any atom is 0.308 e. The van der Waals surface area contributed by atoms with Crippen LogP contribution < -0.4 is 9.47 Å². The standard InChI is InChI=1S/C19H22O3/c1-13(20)22-18-10-9-15(19(2,3)4)12-17(18)14-7-6-8-16(11-14)21-5/h6-12H,1-5H3. The van der Waals surface area contributed by atoms with E-state index in [4.69, 9.17) is 9.47 Å². The lowest BCUT2D eigenvalue weighted by Gasteiger charge is -2.21. The number of hydrogen-bond acceptors (Lipinski definition) is 3. The monoisotopic (exact) mass is 298 g/mol. The lowest BCUT2D eigenvalue weighted by molar-refractivity contribution is -0.131. The van der Waals surface area contributed by atoms with Crippen LogP contribution in [0, 0.1) is 0 Å².